The van der Waals surface area contributed by atoms with Crippen molar-refractivity contribution in [2.45, 2.75) is 4.90 Å². The highest BCUT2D eigenvalue weighted by Gasteiger charge is 2.39. The van der Waals surface area contributed by atoms with Gasteiger partial charge >= 0.3 is 0 Å². The summed E-state index contributed by atoms with van der Waals surface area (Å²) in [6.07, 6.45) is 0. The molecule has 5 nitrogen and oxygen atoms in total. The molecule has 0 saturated heterocycles. The van der Waals surface area contributed by atoms with Crippen LogP contribution in [0.25, 0.3) is 16.9 Å². The van der Waals surface area contributed by atoms with Crippen LogP contribution in [0.5, 0.6) is 0 Å². The first-order chi connectivity index (χ1) is 13.8. The van der Waals surface area contributed by atoms with E-state index in [1.807, 2.05) is 18.2 Å². The molecule has 0 amide bonds. The summed E-state index contributed by atoms with van der Waals surface area (Å²) in [6, 6.07) is 20.0. The Kier molecular flexibility index (Phi) is 4.68. The summed E-state index contributed by atoms with van der Waals surface area (Å²) < 4.78 is 26.5. The van der Waals surface area contributed by atoms with E-state index >= 15 is 0 Å². The third kappa shape index (κ3) is 3.20. The van der Waals surface area contributed by atoms with Gasteiger partial charge in [0.05, 0.1) is 4.90 Å². The molecular formula is C22H16ClNO4S. The monoisotopic (exact) mass is 425 g/mol. The predicted molar refractivity (Wildman–Crippen MR) is 112 cm³/mol. The van der Waals surface area contributed by atoms with Gasteiger partial charge < -0.3 is 5.11 Å². The normalized spacial score (nSPS) is 17.0. The van der Waals surface area contributed by atoms with E-state index in [1.165, 1.54) is 19.2 Å². The van der Waals surface area contributed by atoms with Gasteiger partial charge in [-0.15, -0.1) is 0 Å². The molecule has 0 saturated carbocycles. The molecule has 3 aromatic rings. The van der Waals surface area contributed by atoms with Gasteiger partial charge in [0.1, 0.15) is 5.70 Å². The van der Waals surface area contributed by atoms with Crippen LogP contribution in [0.3, 0.4) is 0 Å². The van der Waals surface area contributed by atoms with Crippen LogP contribution in [0, 0.1) is 0 Å². The lowest BCUT2D eigenvalue weighted by Crippen LogP contribution is -2.37. The second-order valence-electron chi connectivity index (χ2n) is 6.59. The van der Waals surface area contributed by atoms with Gasteiger partial charge in [-0.1, -0.05) is 54.1 Å². The number of halogens is 1. The molecule has 1 heterocycles. The number of rotatable bonds is 2. The van der Waals surface area contributed by atoms with Crippen molar-refractivity contribution in [2.24, 2.45) is 0 Å². The Morgan fingerprint density at radius 1 is 0.931 bits per heavy atom. The van der Waals surface area contributed by atoms with E-state index in [4.69, 9.17) is 11.6 Å². The standard InChI is InChI=1S/C22H16ClNO4S/c1-24-20(22(26)18-10-2-3-11-19(18)29(24,27)28)21(25)16-8-4-6-14(12-16)15-7-5-9-17(23)13-15/h2-13,25H,1H3. The van der Waals surface area contributed by atoms with Crippen LogP contribution in [0.1, 0.15) is 15.9 Å². The van der Waals surface area contributed by atoms with Crippen molar-refractivity contribution in [3.05, 3.63) is 94.6 Å². The minimum atomic E-state index is -3.95. The zero-order valence-corrected chi connectivity index (χ0v) is 16.9. The number of hydrogen-bond acceptors (Lipinski definition) is 4. The van der Waals surface area contributed by atoms with Gasteiger partial charge in [-0.3, -0.25) is 9.10 Å². The number of aliphatic hydroxyl groups is 1. The van der Waals surface area contributed by atoms with E-state index in [-0.39, 0.29) is 16.2 Å². The molecule has 0 fully saturated rings. The first kappa shape index (κ1) is 19.2. The third-order valence-corrected chi connectivity index (χ3v) is 6.87. The number of hydrogen-bond donors (Lipinski definition) is 1. The van der Waals surface area contributed by atoms with Crippen molar-refractivity contribution in [1.29, 1.82) is 0 Å². The number of fused-ring (bicyclic) bond motifs is 1. The molecule has 0 atom stereocenters. The lowest BCUT2D eigenvalue weighted by molar-refractivity contribution is 0.100. The molecule has 29 heavy (non-hydrogen) atoms. The Hall–Kier alpha value is -3.09. The number of benzene rings is 3. The first-order valence-corrected chi connectivity index (χ1v) is 10.5. The molecule has 0 aromatic heterocycles. The zero-order chi connectivity index (χ0) is 20.8. The SMILES string of the molecule is CN1C(=C(O)c2cccc(-c3cccc(Cl)c3)c2)C(=O)c2ccccc2S1(=O)=O. The minimum Gasteiger partial charge on any atom is -0.505 e. The predicted octanol–water partition coefficient (Wildman–Crippen LogP) is 4.75. The fraction of sp³-hybridized carbons (Fsp3) is 0.0455. The van der Waals surface area contributed by atoms with Crippen molar-refractivity contribution < 1.29 is 18.3 Å². The number of sulfonamides is 1. The van der Waals surface area contributed by atoms with Gasteiger partial charge in [0, 0.05) is 23.2 Å². The van der Waals surface area contributed by atoms with Gasteiger partial charge in [-0.05, 0) is 41.5 Å². The minimum absolute atomic E-state index is 0.0399. The topological polar surface area (TPSA) is 74.7 Å². The number of aliphatic hydroxyl groups excluding tert-OH is 1. The summed E-state index contributed by atoms with van der Waals surface area (Å²) in [5.41, 5.74) is 1.68. The van der Waals surface area contributed by atoms with Gasteiger partial charge in [0.25, 0.3) is 10.0 Å². The smallest absolute Gasteiger partial charge is 0.265 e. The molecule has 0 radical (unpaired) electrons. The summed E-state index contributed by atoms with van der Waals surface area (Å²) in [6.45, 7) is 0. The first-order valence-electron chi connectivity index (χ1n) is 8.73. The fourth-order valence-electron chi connectivity index (χ4n) is 3.32. The van der Waals surface area contributed by atoms with E-state index in [0.717, 1.165) is 15.4 Å². The molecule has 0 unspecified atom stereocenters. The Morgan fingerprint density at radius 3 is 2.31 bits per heavy atom. The lowest BCUT2D eigenvalue weighted by atomic mass is 10.00. The van der Waals surface area contributed by atoms with Crippen LogP contribution in [0.4, 0.5) is 0 Å². The summed E-state index contributed by atoms with van der Waals surface area (Å²) in [7, 11) is -2.69. The van der Waals surface area contributed by atoms with Crippen LogP contribution in [-0.2, 0) is 10.0 Å². The molecular weight excluding hydrogens is 410 g/mol. The molecule has 4 rings (SSSR count). The van der Waals surface area contributed by atoms with Crippen molar-refractivity contribution in [3.8, 4) is 11.1 Å². The van der Waals surface area contributed by atoms with E-state index in [1.54, 1.807) is 42.5 Å². The number of carbonyl (C=O) groups excluding carboxylic acids is 1. The van der Waals surface area contributed by atoms with Crippen LogP contribution in [0.2, 0.25) is 5.02 Å². The number of likely N-dealkylation sites (N-methyl/N-ethyl adjacent to an activating group) is 1. The number of allylic oxidation sites excluding steroid dienone is 1. The molecule has 0 aliphatic carbocycles. The molecule has 146 valence electrons. The van der Waals surface area contributed by atoms with E-state index < -0.39 is 21.6 Å². The van der Waals surface area contributed by atoms with Crippen LogP contribution >= 0.6 is 11.6 Å². The summed E-state index contributed by atoms with van der Waals surface area (Å²) in [4.78, 5) is 12.9. The third-order valence-electron chi connectivity index (χ3n) is 4.82. The van der Waals surface area contributed by atoms with E-state index in [0.29, 0.717) is 10.6 Å². The molecule has 0 spiro atoms. The van der Waals surface area contributed by atoms with Crippen molar-refractivity contribution in [2.75, 3.05) is 7.05 Å². The van der Waals surface area contributed by atoms with Gasteiger partial charge in [-0.25, -0.2) is 8.42 Å². The largest absolute Gasteiger partial charge is 0.505 e. The second-order valence-corrected chi connectivity index (χ2v) is 8.96. The highest BCUT2D eigenvalue weighted by Crippen LogP contribution is 2.35. The van der Waals surface area contributed by atoms with Crippen LogP contribution < -0.4 is 0 Å². The maximum atomic E-state index is 13.0. The lowest BCUT2D eigenvalue weighted by Gasteiger charge is -2.28. The number of nitrogens with zero attached hydrogens (tertiary/aromatic N) is 1. The molecule has 1 N–H and O–H groups in total. The number of ketones is 1. The quantitative estimate of drug-likeness (QED) is 0.475. The maximum absolute atomic E-state index is 13.0. The van der Waals surface area contributed by atoms with Crippen molar-refractivity contribution >= 4 is 33.2 Å². The number of Topliss-reactive ketones (excluding diaryl/α,β-unsaturated/α-hetero) is 1. The summed E-state index contributed by atoms with van der Waals surface area (Å²) >= 11 is 6.06. The van der Waals surface area contributed by atoms with Crippen LogP contribution in [-0.4, -0.2) is 30.7 Å². The van der Waals surface area contributed by atoms with Crippen molar-refractivity contribution in [1.82, 2.24) is 4.31 Å². The maximum Gasteiger partial charge on any atom is 0.265 e. The highest BCUT2D eigenvalue weighted by molar-refractivity contribution is 7.89. The average Bonchev–Trinajstić information content (AvgIpc) is 2.73. The highest BCUT2D eigenvalue weighted by atomic mass is 35.5. The summed E-state index contributed by atoms with van der Waals surface area (Å²) in [5, 5.41) is 11.5. The van der Waals surface area contributed by atoms with E-state index in [9.17, 15) is 18.3 Å². The Bertz CT molecular complexity index is 1280. The second kappa shape index (κ2) is 7.06. The number of carbonyl (C=O) groups is 1. The molecule has 0 bridgehead atoms. The molecule has 3 aromatic carbocycles. The zero-order valence-electron chi connectivity index (χ0n) is 15.3. The van der Waals surface area contributed by atoms with Gasteiger partial charge in [0.15, 0.2) is 5.76 Å². The molecule has 1 aliphatic rings. The Balaban J connectivity index is 1.88. The molecule has 1 aliphatic heterocycles. The van der Waals surface area contributed by atoms with Crippen molar-refractivity contribution in [3.63, 3.8) is 0 Å². The fourth-order valence-corrected chi connectivity index (χ4v) is 4.91. The Labute approximate surface area is 173 Å². The average molecular weight is 426 g/mol. The van der Waals surface area contributed by atoms with Gasteiger partial charge in [0.2, 0.25) is 5.78 Å². The van der Waals surface area contributed by atoms with Crippen LogP contribution in [0.15, 0.2) is 83.4 Å². The summed E-state index contributed by atoms with van der Waals surface area (Å²) in [5.74, 6) is -0.956. The molecule has 7 heteroatoms. The Morgan fingerprint density at radius 2 is 1.59 bits per heavy atom. The van der Waals surface area contributed by atoms with E-state index in [2.05, 4.69) is 0 Å². The van der Waals surface area contributed by atoms with Gasteiger partial charge in [-0.2, -0.15) is 0 Å².